The summed E-state index contributed by atoms with van der Waals surface area (Å²) in [6.45, 7) is 0.728. The van der Waals surface area contributed by atoms with E-state index >= 15 is 0 Å². The molecule has 0 aromatic carbocycles. The first-order chi connectivity index (χ1) is 8.15. The molecule has 0 radical (unpaired) electrons. The van der Waals surface area contributed by atoms with Gasteiger partial charge in [-0.2, -0.15) is 0 Å². The zero-order valence-corrected chi connectivity index (χ0v) is 11.2. The van der Waals surface area contributed by atoms with Crippen LogP contribution in [0.3, 0.4) is 0 Å². The van der Waals surface area contributed by atoms with E-state index in [4.69, 9.17) is 29.6 Å². The molecule has 88 valence electrons. The highest BCUT2D eigenvalue weighted by molar-refractivity contribution is 7.80. The summed E-state index contributed by atoms with van der Waals surface area (Å²) in [6, 6.07) is 7.58. The predicted molar refractivity (Wildman–Crippen MR) is 76.8 cm³/mol. The number of anilines is 1. The Balaban J connectivity index is 1.97. The summed E-state index contributed by atoms with van der Waals surface area (Å²) in [6.07, 6.45) is 1.71. The topological polar surface area (TPSA) is 50.9 Å². The molecule has 0 aliphatic rings. The molecule has 3 nitrogen and oxygen atoms in total. The van der Waals surface area contributed by atoms with Crippen molar-refractivity contribution < 1.29 is 0 Å². The lowest BCUT2D eigenvalue weighted by molar-refractivity contribution is 1.17. The van der Waals surface area contributed by atoms with Crippen molar-refractivity contribution in [2.24, 2.45) is 5.73 Å². The fraction of sp³-hybridized carbons (Fsp3) is 0.0909. The first-order valence-electron chi connectivity index (χ1n) is 4.89. The van der Waals surface area contributed by atoms with Crippen molar-refractivity contribution in [2.45, 2.75) is 6.54 Å². The van der Waals surface area contributed by atoms with E-state index in [1.54, 1.807) is 23.6 Å². The van der Waals surface area contributed by atoms with Crippen LogP contribution >= 0.6 is 35.2 Å². The first-order valence-corrected chi connectivity index (χ1v) is 6.49. The van der Waals surface area contributed by atoms with Crippen molar-refractivity contribution in [3.63, 3.8) is 0 Å². The molecule has 0 aliphatic heterocycles. The van der Waals surface area contributed by atoms with Crippen LogP contribution in [0, 0.1) is 0 Å². The van der Waals surface area contributed by atoms with E-state index in [-0.39, 0.29) is 0 Å². The molecule has 0 spiro atoms. The molecular weight excluding hydrogens is 274 g/mol. The Morgan fingerprint density at radius 3 is 2.76 bits per heavy atom. The summed E-state index contributed by atoms with van der Waals surface area (Å²) < 4.78 is 0.795. The highest BCUT2D eigenvalue weighted by atomic mass is 35.5. The summed E-state index contributed by atoms with van der Waals surface area (Å²) in [4.78, 5) is 5.63. The van der Waals surface area contributed by atoms with Crippen molar-refractivity contribution in [1.82, 2.24) is 4.98 Å². The van der Waals surface area contributed by atoms with Crippen molar-refractivity contribution in [3.8, 4) is 0 Å². The molecular formula is C11H10ClN3S2. The lowest BCUT2D eigenvalue weighted by atomic mass is 10.3. The largest absolute Gasteiger partial charge is 0.388 e. The fourth-order valence-corrected chi connectivity index (χ4v) is 2.43. The SMILES string of the molecule is NC(=S)c1ccc(NCc2ccc(Cl)s2)cn1. The van der Waals surface area contributed by atoms with Crippen LogP contribution in [-0.2, 0) is 6.54 Å². The Kier molecular flexibility index (Phi) is 3.93. The Hall–Kier alpha value is -1.17. The van der Waals surface area contributed by atoms with Gasteiger partial charge in [0.05, 0.1) is 21.9 Å². The maximum atomic E-state index is 5.85. The third-order valence-corrected chi connectivity index (χ3v) is 3.55. The molecule has 2 aromatic heterocycles. The van der Waals surface area contributed by atoms with Gasteiger partial charge in [-0.25, -0.2) is 0 Å². The normalized spacial score (nSPS) is 10.2. The molecule has 0 bridgehead atoms. The average molecular weight is 284 g/mol. The number of aromatic nitrogens is 1. The lowest BCUT2D eigenvalue weighted by Crippen LogP contribution is -2.11. The van der Waals surface area contributed by atoms with Gasteiger partial charge in [0.15, 0.2) is 0 Å². The number of nitrogens with zero attached hydrogens (tertiary/aromatic N) is 1. The molecule has 0 aliphatic carbocycles. The molecule has 2 heterocycles. The van der Waals surface area contributed by atoms with Crippen LogP contribution in [0.25, 0.3) is 0 Å². The number of nitrogens with one attached hydrogen (secondary N) is 1. The Bertz CT molecular complexity index is 522. The molecule has 2 aromatic rings. The van der Waals surface area contributed by atoms with Gasteiger partial charge in [-0.05, 0) is 24.3 Å². The molecule has 2 rings (SSSR count). The molecule has 0 saturated heterocycles. The van der Waals surface area contributed by atoms with Gasteiger partial charge in [-0.1, -0.05) is 23.8 Å². The Labute approximate surface area is 114 Å². The minimum atomic E-state index is 0.307. The number of rotatable bonds is 4. The Morgan fingerprint density at radius 1 is 1.41 bits per heavy atom. The van der Waals surface area contributed by atoms with E-state index in [0.717, 1.165) is 16.6 Å². The van der Waals surface area contributed by atoms with Gasteiger partial charge in [-0.3, -0.25) is 4.98 Å². The van der Waals surface area contributed by atoms with Gasteiger partial charge in [0.1, 0.15) is 4.99 Å². The third kappa shape index (κ3) is 3.39. The van der Waals surface area contributed by atoms with E-state index in [1.807, 2.05) is 18.2 Å². The quantitative estimate of drug-likeness (QED) is 0.847. The van der Waals surface area contributed by atoms with E-state index in [1.165, 1.54) is 4.88 Å². The molecule has 6 heteroatoms. The van der Waals surface area contributed by atoms with Crippen molar-refractivity contribution in [2.75, 3.05) is 5.32 Å². The molecule has 0 atom stereocenters. The van der Waals surface area contributed by atoms with Gasteiger partial charge in [0.25, 0.3) is 0 Å². The summed E-state index contributed by atoms with van der Waals surface area (Å²) in [5.41, 5.74) is 7.02. The van der Waals surface area contributed by atoms with E-state index < -0.39 is 0 Å². The smallest absolute Gasteiger partial charge is 0.122 e. The zero-order valence-electron chi connectivity index (χ0n) is 8.81. The molecule has 17 heavy (non-hydrogen) atoms. The monoisotopic (exact) mass is 283 g/mol. The van der Waals surface area contributed by atoms with Crippen LogP contribution in [0.4, 0.5) is 5.69 Å². The molecule has 0 fully saturated rings. The standard InChI is InChI=1S/C11H10ClN3S2/c12-10-4-2-8(17-10)6-14-7-1-3-9(11(13)16)15-5-7/h1-5,14H,6H2,(H2,13,16). The number of halogens is 1. The second-order valence-electron chi connectivity index (χ2n) is 3.36. The van der Waals surface area contributed by atoms with Gasteiger partial charge in [0.2, 0.25) is 0 Å². The molecule has 0 saturated carbocycles. The van der Waals surface area contributed by atoms with Crippen molar-refractivity contribution >= 4 is 45.8 Å². The second kappa shape index (κ2) is 5.44. The minimum absolute atomic E-state index is 0.307. The van der Waals surface area contributed by atoms with Crippen LogP contribution in [-0.4, -0.2) is 9.97 Å². The first kappa shape index (κ1) is 12.3. The van der Waals surface area contributed by atoms with Crippen LogP contribution < -0.4 is 11.1 Å². The highest BCUT2D eigenvalue weighted by Gasteiger charge is 2.00. The summed E-state index contributed by atoms with van der Waals surface area (Å²) in [7, 11) is 0. The summed E-state index contributed by atoms with van der Waals surface area (Å²) in [5, 5.41) is 3.25. The van der Waals surface area contributed by atoms with Crippen LogP contribution in [0.5, 0.6) is 0 Å². The van der Waals surface area contributed by atoms with E-state index in [9.17, 15) is 0 Å². The van der Waals surface area contributed by atoms with Crippen LogP contribution in [0.2, 0.25) is 4.34 Å². The van der Waals surface area contributed by atoms with Crippen molar-refractivity contribution in [3.05, 3.63) is 45.4 Å². The van der Waals surface area contributed by atoms with E-state index in [0.29, 0.717) is 10.7 Å². The van der Waals surface area contributed by atoms with Gasteiger partial charge in [-0.15, -0.1) is 11.3 Å². The van der Waals surface area contributed by atoms with E-state index in [2.05, 4.69) is 10.3 Å². The average Bonchev–Trinajstić information content (AvgIpc) is 2.73. The number of pyridine rings is 1. The molecule has 0 amide bonds. The van der Waals surface area contributed by atoms with Gasteiger partial charge < -0.3 is 11.1 Å². The fourth-order valence-electron chi connectivity index (χ4n) is 1.28. The number of thiocarbonyl (C=S) groups is 1. The highest BCUT2D eigenvalue weighted by Crippen LogP contribution is 2.22. The number of nitrogens with two attached hydrogens (primary N) is 1. The maximum Gasteiger partial charge on any atom is 0.122 e. The van der Waals surface area contributed by atoms with Gasteiger partial charge >= 0.3 is 0 Å². The number of thiophene rings is 1. The molecule has 0 unspecified atom stereocenters. The summed E-state index contributed by atoms with van der Waals surface area (Å²) >= 11 is 12.2. The zero-order chi connectivity index (χ0) is 12.3. The lowest BCUT2D eigenvalue weighted by Gasteiger charge is -2.04. The Morgan fingerprint density at radius 2 is 2.24 bits per heavy atom. The second-order valence-corrected chi connectivity index (χ2v) is 5.60. The van der Waals surface area contributed by atoms with Crippen LogP contribution in [0.1, 0.15) is 10.6 Å². The maximum absolute atomic E-state index is 5.85. The van der Waals surface area contributed by atoms with Crippen molar-refractivity contribution in [1.29, 1.82) is 0 Å². The molecule has 3 N–H and O–H groups in total. The number of hydrogen-bond donors (Lipinski definition) is 2. The minimum Gasteiger partial charge on any atom is -0.388 e. The predicted octanol–water partition coefficient (Wildman–Crippen LogP) is 3.04. The van der Waals surface area contributed by atoms with Crippen LogP contribution in [0.15, 0.2) is 30.5 Å². The third-order valence-electron chi connectivity index (χ3n) is 2.11. The summed E-state index contributed by atoms with van der Waals surface area (Å²) in [5.74, 6) is 0. The van der Waals surface area contributed by atoms with Gasteiger partial charge in [0, 0.05) is 11.4 Å². The number of hydrogen-bond acceptors (Lipinski definition) is 4.